The van der Waals surface area contributed by atoms with Gasteiger partial charge in [-0.3, -0.25) is 0 Å². The molecule has 4 heteroatoms. The van der Waals surface area contributed by atoms with Crippen LogP contribution < -0.4 is 0 Å². The summed E-state index contributed by atoms with van der Waals surface area (Å²) in [6, 6.07) is 4.79. The van der Waals surface area contributed by atoms with Gasteiger partial charge in [-0.15, -0.1) is 0 Å². The summed E-state index contributed by atoms with van der Waals surface area (Å²) in [6.07, 6.45) is 0. The molecular weight excluding hydrogens is 249 g/mol. The third kappa shape index (κ3) is 6.06. The number of aliphatic hydroxyl groups excluding tert-OH is 1. The molecule has 1 rings (SSSR count). The van der Waals surface area contributed by atoms with E-state index in [1.54, 1.807) is 11.8 Å². The quantitative estimate of drug-likeness (QED) is 0.652. The molecule has 0 amide bonds. The number of halogens is 1. The number of benzene rings is 1. The zero-order valence-electron chi connectivity index (χ0n) is 10.7. The van der Waals surface area contributed by atoms with Gasteiger partial charge in [-0.2, -0.15) is 11.8 Å². The van der Waals surface area contributed by atoms with Gasteiger partial charge in [-0.05, 0) is 37.9 Å². The SMILES string of the molecule is CN(C)CCSCc1cc(F)cc(C#CCO)c1. The molecule has 1 N–H and O–H groups in total. The predicted molar refractivity (Wildman–Crippen MR) is 75.1 cm³/mol. The van der Waals surface area contributed by atoms with Crippen molar-refractivity contribution in [3.63, 3.8) is 0 Å². The van der Waals surface area contributed by atoms with Crippen LogP contribution in [0.25, 0.3) is 0 Å². The summed E-state index contributed by atoms with van der Waals surface area (Å²) >= 11 is 1.77. The smallest absolute Gasteiger partial charge is 0.124 e. The molecule has 18 heavy (non-hydrogen) atoms. The zero-order valence-corrected chi connectivity index (χ0v) is 11.6. The van der Waals surface area contributed by atoms with E-state index in [1.165, 1.54) is 12.1 Å². The number of aliphatic hydroxyl groups is 1. The molecule has 0 aliphatic rings. The van der Waals surface area contributed by atoms with E-state index in [1.807, 2.05) is 20.2 Å². The Balaban J connectivity index is 2.57. The Morgan fingerprint density at radius 2 is 2.11 bits per heavy atom. The van der Waals surface area contributed by atoms with Gasteiger partial charge in [0.2, 0.25) is 0 Å². The average Bonchev–Trinajstić information content (AvgIpc) is 2.31. The molecule has 0 fully saturated rings. The second kappa shape index (κ2) is 8.15. The van der Waals surface area contributed by atoms with Crippen molar-refractivity contribution in [3.05, 3.63) is 35.1 Å². The van der Waals surface area contributed by atoms with E-state index in [9.17, 15) is 4.39 Å². The minimum atomic E-state index is -0.275. The summed E-state index contributed by atoms with van der Waals surface area (Å²) < 4.78 is 13.3. The zero-order chi connectivity index (χ0) is 13.4. The Morgan fingerprint density at radius 3 is 2.78 bits per heavy atom. The van der Waals surface area contributed by atoms with Gasteiger partial charge in [-0.25, -0.2) is 4.39 Å². The van der Waals surface area contributed by atoms with Crippen LogP contribution in [0.1, 0.15) is 11.1 Å². The number of rotatable bonds is 5. The van der Waals surface area contributed by atoms with Crippen LogP contribution in [0, 0.1) is 17.7 Å². The van der Waals surface area contributed by atoms with Crippen molar-refractivity contribution in [1.29, 1.82) is 0 Å². The maximum Gasteiger partial charge on any atom is 0.124 e. The molecule has 0 unspecified atom stereocenters. The second-order valence-corrected chi connectivity index (χ2v) is 5.27. The Kier molecular flexibility index (Phi) is 6.81. The lowest BCUT2D eigenvalue weighted by Crippen LogP contribution is -2.14. The van der Waals surface area contributed by atoms with Crippen molar-refractivity contribution >= 4 is 11.8 Å². The first-order chi connectivity index (χ1) is 8.61. The van der Waals surface area contributed by atoms with E-state index in [2.05, 4.69) is 16.7 Å². The molecule has 0 aromatic heterocycles. The van der Waals surface area contributed by atoms with E-state index < -0.39 is 0 Å². The molecule has 2 nitrogen and oxygen atoms in total. The number of hydrogen-bond donors (Lipinski definition) is 1. The Labute approximate surface area is 112 Å². The van der Waals surface area contributed by atoms with E-state index in [4.69, 9.17) is 5.11 Å². The monoisotopic (exact) mass is 267 g/mol. The van der Waals surface area contributed by atoms with Crippen LogP contribution in [0.2, 0.25) is 0 Å². The van der Waals surface area contributed by atoms with Crippen molar-refractivity contribution in [2.24, 2.45) is 0 Å². The van der Waals surface area contributed by atoms with E-state index in [-0.39, 0.29) is 12.4 Å². The first kappa shape index (κ1) is 15.0. The average molecular weight is 267 g/mol. The van der Waals surface area contributed by atoms with Gasteiger partial charge in [0.15, 0.2) is 0 Å². The molecule has 0 bridgehead atoms. The summed E-state index contributed by atoms with van der Waals surface area (Å²) in [5, 5.41) is 8.62. The molecule has 0 atom stereocenters. The van der Waals surface area contributed by atoms with E-state index in [0.29, 0.717) is 5.56 Å². The number of thioether (sulfide) groups is 1. The molecule has 0 aliphatic carbocycles. The van der Waals surface area contributed by atoms with Crippen molar-refractivity contribution in [3.8, 4) is 11.8 Å². The van der Waals surface area contributed by atoms with Crippen LogP contribution in [-0.4, -0.2) is 43.0 Å². The van der Waals surface area contributed by atoms with Crippen LogP contribution in [0.3, 0.4) is 0 Å². The Bertz CT molecular complexity index is 437. The third-order valence-corrected chi connectivity index (χ3v) is 3.23. The fourth-order valence-electron chi connectivity index (χ4n) is 1.38. The third-order valence-electron chi connectivity index (χ3n) is 2.22. The normalized spacial score (nSPS) is 10.3. The molecule has 0 saturated heterocycles. The highest BCUT2D eigenvalue weighted by molar-refractivity contribution is 7.98. The van der Waals surface area contributed by atoms with Crippen molar-refractivity contribution in [1.82, 2.24) is 4.90 Å². The topological polar surface area (TPSA) is 23.5 Å². The van der Waals surface area contributed by atoms with Crippen molar-refractivity contribution < 1.29 is 9.50 Å². The highest BCUT2D eigenvalue weighted by Gasteiger charge is 2.00. The maximum absolute atomic E-state index is 13.3. The second-order valence-electron chi connectivity index (χ2n) is 4.16. The van der Waals surface area contributed by atoms with E-state index >= 15 is 0 Å². The van der Waals surface area contributed by atoms with Crippen molar-refractivity contribution in [2.45, 2.75) is 5.75 Å². The van der Waals surface area contributed by atoms with Crippen LogP contribution in [0.5, 0.6) is 0 Å². The summed E-state index contributed by atoms with van der Waals surface area (Å²) in [5.74, 6) is 6.77. The van der Waals surface area contributed by atoms with Crippen LogP contribution in [-0.2, 0) is 5.75 Å². The lowest BCUT2D eigenvalue weighted by molar-refractivity contribution is 0.350. The first-order valence-corrected chi connectivity index (χ1v) is 6.89. The van der Waals surface area contributed by atoms with Gasteiger partial charge in [-0.1, -0.05) is 11.8 Å². The lowest BCUT2D eigenvalue weighted by atomic mass is 10.1. The van der Waals surface area contributed by atoms with Gasteiger partial charge >= 0.3 is 0 Å². The minimum absolute atomic E-state index is 0.205. The van der Waals surface area contributed by atoms with Gasteiger partial charge in [0.05, 0.1) is 0 Å². The summed E-state index contributed by atoms with van der Waals surface area (Å²) in [5.41, 5.74) is 1.55. The van der Waals surface area contributed by atoms with E-state index in [0.717, 1.165) is 23.6 Å². The molecular formula is C14H18FNOS. The van der Waals surface area contributed by atoms with Gasteiger partial charge < -0.3 is 10.0 Å². The van der Waals surface area contributed by atoms with Gasteiger partial charge in [0.1, 0.15) is 12.4 Å². The molecule has 0 aliphatic heterocycles. The fraction of sp³-hybridized carbons (Fsp3) is 0.429. The Hall–Kier alpha value is -1.02. The highest BCUT2D eigenvalue weighted by Crippen LogP contribution is 2.15. The minimum Gasteiger partial charge on any atom is -0.384 e. The summed E-state index contributed by atoms with van der Waals surface area (Å²) in [7, 11) is 4.07. The largest absolute Gasteiger partial charge is 0.384 e. The standard InChI is InChI=1S/C14H18FNOS/c1-16(2)5-7-18-11-13-8-12(4-3-6-17)9-14(15)10-13/h8-10,17H,5-7,11H2,1-2H3. The number of nitrogens with zero attached hydrogens (tertiary/aromatic N) is 1. The molecule has 0 saturated carbocycles. The van der Waals surface area contributed by atoms with Crippen LogP contribution in [0.4, 0.5) is 4.39 Å². The van der Waals surface area contributed by atoms with Crippen LogP contribution >= 0.6 is 11.8 Å². The molecule has 0 radical (unpaired) electrons. The molecule has 1 aromatic carbocycles. The van der Waals surface area contributed by atoms with Crippen molar-refractivity contribution in [2.75, 3.05) is 33.0 Å². The first-order valence-electron chi connectivity index (χ1n) is 5.73. The predicted octanol–water partition coefficient (Wildman–Crippen LogP) is 1.96. The molecule has 98 valence electrons. The Morgan fingerprint density at radius 1 is 1.33 bits per heavy atom. The molecule has 1 aromatic rings. The summed E-state index contributed by atoms with van der Waals surface area (Å²) in [6.45, 7) is 0.806. The number of hydrogen-bond acceptors (Lipinski definition) is 3. The van der Waals surface area contributed by atoms with Gasteiger partial charge in [0, 0.05) is 23.6 Å². The highest BCUT2D eigenvalue weighted by atomic mass is 32.2. The fourth-order valence-corrected chi connectivity index (χ4v) is 2.43. The lowest BCUT2D eigenvalue weighted by Gasteiger charge is -2.08. The molecule has 0 spiro atoms. The summed E-state index contributed by atoms with van der Waals surface area (Å²) in [4.78, 5) is 2.12. The maximum atomic E-state index is 13.3. The molecule has 0 heterocycles. The van der Waals surface area contributed by atoms with Gasteiger partial charge in [0.25, 0.3) is 0 Å². The van der Waals surface area contributed by atoms with Crippen LogP contribution in [0.15, 0.2) is 18.2 Å².